The zero-order chi connectivity index (χ0) is 9.40. The number of hydrogen-bond acceptors (Lipinski definition) is 2. The predicted octanol–water partition coefficient (Wildman–Crippen LogP) is 0.637. The zero-order valence-corrected chi connectivity index (χ0v) is 7.16. The first-order valence-corrected chi connectivity index (χ1v) is 3.67. The number of rotatable bonds is 1. The van der Waals surface area contributed by atoms with E-state index < -0.39 is 0 Å². The van der Waals surface area contributed by atoms with Gasteiger partial charge in [-0.3, -0.25) is 4.79 Å². The minimum Gasteiger partial charge on any atom is -0.370 e. The maximum Gasteiger partial charge on any atom is 0.214 e. The molecule has 0 saturated heterocycles. The molecule has 0 aliphatic heterocycles. The Labute approximate surface area is 72.4 Å². The van der Waals surface area contributed by atoms with Crippen molar-refractivity contribution in [3.05, 3.63) is 35.9 Å². The molecule has 0 fully saturated rings. The summed E-state index contributed by atoms with van der Waals surface area (Å²) >= 11 is 0. The SMILES string of the molecule is CC(N)=O.NCc1ccccc1. The maximum atomic E-state index is 9.22. The predicted molar refractivity (Wildman–Crippen MR) is 49.2 cm³/mol. The van der Waals surface area contributed by atoms with Gasteiger partial charge in [-0.2, -0.15) is 0 Å². The first-order valence-electron chi connectivity index (χ1n) is 3.67. The molecule has 0 aliphatic carbocycles. The lowest BCUT2D eigenvalue weighted by Gasteiger charge is -1.90. The molecule has 1 rings (SSSR count). The van der Waals surface area contributed by atoms with E-state index in [4.69, 9.17) is 5.73 Å². The summed E-state index contributed by atoms with van der Waals surface area (Å²) in [4.78, 5) is 9.22. The minimum absolute atomic E-state index is 0.333. The summed E-state index contributed by atoms with van der Waals surface area (Å²) < 4.78 is 0. The molecule has 12 heavy (non-hydrogen) atoms. The Kier molecular flexibility index (Phi) is 5.65. The maximum absolute atomic E-state index is 9.22. The van der Waals surface area contributed by atoms with Gasteiger partial charge in [-0.25, -0.2) is 0 Å². The zero-order valence-electron chi connectivity index (χ0n) is 7.16. The fourth-order valence-corrected chi connectivity index (χ4v) is 0.614. The van der Waals surface area contributed by atoms with Gasteiger partial charge in [0.25, 0.3) is 0 Å². The van der Waals surface area contributed by atoms with Crippen LogP contribution in [0.4, 0.5) is 0 Å². The molecular formula is C9H14N2O. The van der Waals surface area contributed by atoms with Crippen LogP contribution in [-0.2, 0) is 11.3 Å². The van der Waals surface area contributed by atoms with Crippen LogP contribution in [-0.4, -0.2) is 5.91 Å². The van der Waals surface area contributed by atoms with Gasteiger partial charge >= 0.3 is 0 Å². The Morgan fingerprint density at radius 2 is 1.75 bits per heavy atom. The number of benzene rings is 1. The van der Waals surface area contributed by atoms with E-state index in [1.54, 1.807) is 0 Å². The Balaban J connectivity index is 0.000000261. The Morgan fingerprint density at radius 1 is 1.33 bits per heavy atom. The van der Waals surface area contributed by atoms with Crippen molar-refractivity contribution in [2.24, 2.45) is 11.5 Å². The number of nitrogens with two attached hydrogens (primary N) is 2. The summed E-state index contributed by atoms with van der Waals surface area (Å²) in [5, 5.41) is 0. The molecule has 0 bridgehead atoms. The number of amides is 1. The van der Waals surface area contributed by atoms with Crippen LogP contribution in [0.2, 0.25) is 0 Å². The van der Waals surface area contributed by atoms with Crippen LogP contribution in [0.15, 0.2) is 30.3 Å². The van der Waals surface area contributed by atoms with E-state index in [9.17, 15) is 4.79 Å². The lowest BCUT2D eigenvalue weighted by molar-refractivity contribution is -0.115. The summed E-state index contributed by atoms with van der Waals surface area (Å²) in [6.07, 6.45) is 0. The molecule has 0 saturated carbocycles. The Bertz CT molecular complexity index is 217. The number of primary amides is 1. The van der Waals surface area contributed by atoms with E-state index in [-0.39, 0.29) is 5.91 Å². The van der Waals surface area contributed by atoms with Crippen LogP contribution < -0.4 is 11.5 Å². The molecule has 0 spiro atoms. The molecule has 4 N–H and O–H groups in total. The van der Waals surface area contributed by atoms with Crippen molar-refractivity contribution in [1.29, 1.82) is 0 Å². The average Bonchev–Trinajstić information content (AvgIpc) is 2.05. The number of carbonyl (C=O) groups excluding carboxylic acids is 1. The quantitative estimate of drug-likeness (QED) is 0.642. The van der Waals surface area contributed by atoms with Crippen molar-refractivity contribution in [3.8, 4) is 0 Å². The van der Waals surface area contributed by atoms with Crippen LogP contribution in [0.3, 0.4) is 0 Å². The Morgan fingerprint density at radius 3 is 2.00 bits per heavy atom. The average molecular weight is 166 g/mol. The molecule has 0 atom stereocenters. The van der Waals surface area contributed by atoms with Gasteiger partial charge < -0.3 is 11.5 Å². The van der Waals surface area contributed by atoms with Crippen molar-refractivity contribution in [1.82, 2.24) is 0 Å². The van der Waals surface area contributed by atoms with Gasteiger partial charge in [0, 0.05) is 13.5 Å². The lowest BCUT2D eigenvalue weighted by Crippen LogP contribution is -2.01. The van der Waals surface area contributed by atoms with Gasteiger partial charge in [-0.1, -0.05) is 30.3 Å². The van der Waals surface area contributed by atoms with Gasteiger partial charge in [0.15, 0.2) is 0 Å². The highest BCUT2D eigenvalue weighted by molar-refractivity contribution is 5.70. The van der Waals surface area contributed by atoms with Crippen LogP contribution in [0, 0.1) is 0 Å². The first-order chi connectivity index (χ1) is 5.66. The fraction of sp³-hybridized carbons (Fsp3) is 0.222. The second-order valence-corrected chi connectivity index (χ2v) is 2.30. The molecular weight excluding hydrogens is 152 g/mol. The third-order valence-electron chi connectivity index (χ3n) is 1.08. The van der Waals surface area contributed by atoms with Gasteiger partial charge in [0.1, 0.15) is 0 Å². The number of hydrogen-bond donors (Lipinski definition) is 2. The second kappa shape index (κ2) is 6.37. The van der Waals surface area contributed by atoms with Crippen LogP contribution in [0.1, 0.15) is 12.5 Å². The third-order valence-corrected chi connectivity index (χ3v) is 1.08. The molecule has 1 aromatic rings. The smallest absolute Gasteiger partial charge is 0.214 e. The summed E-state index contributed by atoms with van der Waals surface area (Å²) in [5.41, 5.74) is 11.0. The normalized spacial score (nSPS) is 8.17. The molecule has 66 valence electrons. The Hall–Kier alpha value is -1.35. The molecule has 0 unspecified atom stereocenters. The third kappa shape index (κ3) is 6.77. The summed E-state index contributed by atoms with van der Waals surface area (Å²) in [6, 6.07) is 9.99. The van der Waals surface area contributed by atoms with E-state index in [2.05, 4.69) is 5.73 Å². The van der Waals surface area contributed by atoms with Crippen molar-refractivity contribution >= 4 is 5.91 Å². The van der Waals surface area contributed by atoms with Gasteiger partial charge in [-0.15, -0.1) is 0 Å². The van der Waals surface area contributed by atoms with E-state index in [0.717, 1.165) is 0 Å². The summed E-state index contributed by atoms with van der Waals surface area (Å²) in [5.74, 6) is -0.333. The summed E-state index contributed by atoms with van der Waals surface area (Å²) in [6.45, 7) is 1.95. The molecule has 1 aromatic carbocycles. The van der Waals surface area contributed by atoms with Crippen molar-refractivity contribution in [2.75, 3.05) is 0 Å². The highest BCUT2D eigenvalue weighted by Gasteiger charge is 1.80. The highest BCUT2D eigenvalue weighted by Crippen LogP contribution is 1.94. The molecule has 0 radical (unpaired) electrons. The standard InChI is InChI=1S/C7H9N.C2H5NO/c8-6-7-4-2-1-3-5-7;1-2(3)4/h1-5H,6,8H2;1H3,(H2,3,4). The van der Waals surface area contributed by atoms with E-state index in [0.29, 0.717) is 6.54 Å². The monoisotopic (exact) mass is 166 g/mol. The fourth-order valence-electron chi connectivity index (χ4n) is 0.614. The highest BCUT2D eigenvalue weighted by atomic mass is 16.1. The summed E-state index contributed by atoms with van der Waals surface area (Å²) in [7, 11) is 0. The van der Waals surface area contributed by atoms with Crippen molar-refractivity contribution in [3.63, 3.8) is 0 Å². The molecule has 1 amide bonds. The van der Waals surface area contributed by atoms with E-state index >= 15 is 0 Å². The van der Waals surface area contributed by atoms with Crippen LogP contribution in [0.5, 0.6) is 0 Å². The van der Waals surface area contributed by atoms with Crippen LogP contribution >= 0.6 is 0 Å². The molecule has 0 aliphatic rings. The molecule has 0 aromatic heterocycles. The molecule has 3 nitrogen and oxygen atoms in total. The topological polar surface area (TPSA) is 69.1 Å². The number of carbonyl (C=O) groups is 1. The van der Waals surface area contributed by atoms with Crippen molar-refractivity contribution < 1.29 is 4.79 Å². The lowest BCUT2D eigenvalue weighted by atomic mass is 10.2. The van der Waals surface area contributed by atoms with E-state index in [1.165, 1.54) is 12.5 Å². The van der Waals surface area contributed by atoms with E-state index in [1.807, 2.05) is 30.3 Å². The van der Waals surface area contributed by atoms with Crippen LogP contribution in [0.25, 0.3) is 0 Å². The second-order valence-electron chi connectivity index (χ2n) is 2.30. The molecule has 3 heteroatoms. The minimum atomic E-state index is -0.333. The largest absolute Gasteiger partial charge is 0.370 e. The first kappa shape index (κ1) is 10.7. The van der Waals surface area contributed by atoms with Gasteiger partial charge in [-0.05, 0) is 5.56 Å². The van der Waals surface area contributed by atoms with Gasteiger partial charge in [0.2, 0.25) is 5.91 Å². The van der Waals surface area contributed by atoms with Crippen molar-refractivity contribution in [2.45, 2.75) is 13.5 Å². The molecule has 0 heterocycles. The van der Waals surface area contributed by atoms with Gasteiger partial charge in [0.05, 0.1) is 0 Å².